The van der Waals surface area contributed by atoms with Crippen molar-refractivity contribution in [3.63, 3.8) is 0 Å². The third kappa shape index (κ3) is 1.98. The molecule has 0 aromatic rings. The van der Waals surface area contributed by atoms with Crippen LogP contribution in [-0.4, -0.2) is 59.7 Å². The van der Waals surface area contributed by atoms with E-state index in [0.717, 1.165) is 0 Å². The Morgan fingerprint density at radius 3 is 2.46 bits per heavy atom. The standard InChI is InChI=1S/C7H15NO5/c1-12-7-4(8)6(11)5(10)3(2-9)13-7/h3-7,9-11H,2,8H2,1H3/t3?,4?,5-,6?,7?/m0/s1. The highest BCUT2D eigenvalue weighted by molar-refractivity contribution is 4.91. The summed E-state index contributed by atoms with van der Waals surface area (Å²) in [6.45, 7) is -0.384. The van der Waals surface area contributed by atoms with Crippen LogP contribution in [0, 0.1) is 0 Å². The molecule has 6 heteroatoms. The Kier molecular flexibility index (Phi) is 3.60. The number of aliphatic hydroxyl groups is 3. The summed E-state index contributed by atoms with van der Waals surface area (Å²) in [5.74, 6) is 0. The van der Waals surface area contributed by atoms with Gasteiger partial charge < -0.3 is 30.5 Å². The molecule has 0 aliphatic carbocycles. The van der Waals surface area contributed by atoms with Crippen molar-refractivity contribution in [3.8, 4) is 0 Å². The first-order chi connectivity index (χ1) is 6.11. The predicted molar refractivity (Wildman–Crippen MR) is 42.7 cm³/mol. The first-order valence-corrected chi connectivity index (χ1v) is 4.02. The van der Waals surface area contributed by atoms with Crippen molar-refractivity contribution in [1.82, 2.24) is 0 Å². The van der Waals surface area contributed by atoms with E-state index in [1.54, 1.807) is 0 Å². The quantitative estimate of drug-likeness (QED) is 0.383. The fraction of sp³-hybridized carbons (Fsp3) is 1.00. The van der Waals surface area contributed by atoms with Gasteiger partial charge in [-0.05, 0) is 0 Å². The maximum absolute atomic E-state index is 9.40. The van der Waals surface area contributed by atoms with Gasteiger partial charge in [0.15, 0.2) is 6.29 Å². The van der Waals surface area contributed by atoms with Crippen molar-refractivity contribution in [3.05, 3.63) is 0 Å². The maximum Gasteiger partial charge on any atom is 0.175 e. The van der Waals surface area contributed by atoms with Crippen LogP contribution in [0.1, 0.15) is 0 Å². The SMILES string of the molecule is COC1OC(CO)[C@H](O)C(O)C1N. The van der Waals surface area contributed by atoms with E-state index >= 15 is 0 Å². The Labute approximate surface area is 75.9 Å². The van der Waals surface area contributed by atoms with E-state index in [1.807, 2.05) is 0 Å². The summed E-state index contributed by atoms with van der Waals surface area (Å²) in [6.07, 6.45) is -3.96. The minimum absolute atomic E-state index is 0.384. The van der Waals surface area contributed by atoms with Crippen molar-refractivity contribution in [2.24, 2.45) is 5.73 Å². The van der Waals surface area contributed by atoms with Crippen LogP contribution in [-0.2, 0) is 9.47 Å². The van der Waals surface area contributed by atoms with Crippen LogP contribution in [0.2, 0.25) is 0 Å². The first kappa shape index (κ1) is 10.8. The maximum atomic E-state index is 9.40. The largest absolute Gasteiger partial charge is 0.394 e. The third-order valence-corrected chi connectivity index (χ3v) is 2.16. The second kappa shape index (κ2) is 4.32. The number of hydrogen-bond donors (Lipinski definition) is 4. The number of ether oxygens (including phenoxy) is 2. The molecule has 1 fully saturated rings. The Balaban J connectivity index is 2.66. The molecule has 1 aliphatic rings. The summed E-state index contributed by atoms with van der Waals surface area (Å²) in [7, 11) is 1.38. The summed E-state index contributed by atoms with van der Waals surface area (Å²) in [5, 5.41) is 27.5. The highest BCUT2D eigenvalue weighted by Crippen LogP contribution is 2.19. The lowest BCUT2D eigenvalue weighted by atomic mass is 9.98. The molecule has 1 aliphatic heterocycles. The van der Waals surface area contributed by atoms with Gasteiger partial charge in [-0.2, -0.15) is 0 Å². The Bertz CT molecular complexity index is 147. The second-order valence-electron chi connectivity index (χ2n) is 3.02. The summed E-state index contributed by atoms with van der Waals surface area (Å²) in [4.78, 5) is 0. The van der Waals surface area contributed by atoms with Crippen LogP contribution in [0.5, 0.6) is 0 Å². The lowest BCUT2D eigenvalue weighted by Gasteiger charge is -2.39. The van der Waals surface area contributed by atoms with Crippen LogP contribution in [0.25, 0.3) is 0 Å². The van der Waals surface area contributed by atoms with Crippen molar-refractivity contribution >= 4 is 0 Å². The molecular weight excluding hydrogens is 178 g/mol. The fourth-order valence-electron chi connectivity index (χ4n) is 1.32. The first-order valence-electron chi connectivity index (χ1n) is 4.02. The zero-order chi connectivity index (χ0) is 10.0. The van der Waals surface area contributed by atoms with E-state index in [4.69, 9.17) is 20.3 Å². The van der Waals surface area contributed by atoms with Crippen molar-refractivity contribution in [1.29, 1.82) is 0 Å². The third-order valence-electron chi connectivity index (χ3n) is 2.16. The van der Waals surface area contributed by atoms with Crippen LogP contribution >= 0.6 is 0 Å². The van der Waals surface area contributed by atoms with Crippen molar-refractivity contribution in [2.75, 3.05) is 13.7 Å². The van der Waals surface area contributed by atoms with E-state index in [-0.39, 0.29) is 6.61 Å². The average molecular weight is 193 g/mol. The smallest absolute Gasteiger partial charge is 0.175 e. The van der Waals surface area contributed by atoms with E-state index in [2.05, 4.69) is 0 Å². The fourth-order valence-corrected chi connectivity index (χ4v) is 1.32. The highest BCUT2D eigenvalue weighted by atomic mass is 16.7. The van der Waals surface area contributed by atoms with Crippen LogP contribution < -0.4 is 5.73 Å². The number of nitrogens with two attached hydrogens (primary N) is 1. The van der Waals surface area contributed by atoms with Gasteiger partial charge in [-0.1, -0.05) is 0 Å². The van der Waals surface area contributed by atoms with Gasteiger partial charge in [0.05, 0.1) is 12.6 Å². The van der Waals surface area contributed by atoms with Gasteiger partial charge in [-0.25, -0.2) is 0 Å². The van der Waals surface area contributed by atoms with E-state index < -0.39 is 30.6 Å². The molecule has 13 heavy (non-hydrogen) atoms. The molecule has 0 saturated carbocycles. The highest BCUT2D eigenvalue weighted by Gasteiger charge is 2.42. The molecular formula is C7H15NO5. The molecule has 0 aromatic heterocycles. The number of hydrogen-bond acceptors (Lipinski definition) is 6. The van der Waals surface area contributed by atoms with Crippen LogP contribution in [0.3, 0.4) is 0 Å². The van der Waals surface area contributed by atoms with E-state index in [0.29, 0.717) is 0 Å². The molecule has 78 valence electrons. The Morgan fingerprint density at radius 2 is 2.00 bits per heavy atom. The van der Waals surface area contributed by atoms with Gasteiger partial charge in [0.1, 0.15) is 18.3 Å². The van der Waals surface area contributed by atoms with Crippen molar-refractivity contribution < 1.29 is 24.8 Å². The summed E-state index contributed by atoms with van der Waals surface area (Å²) in [6, 6.07) is -0.803. The summed E-state index contributed by atoms with van der Waals surface area (Å²) in [5.41, 5.74) is 5.50. The zero-order valence-electron chi connectivity index (χ0n) is 7.33. The molecule has 0 amide bonds. The normalized spacial score (nSPS) is 46.4. The Morgan fingerprint density at radius 1 is 1.38 bits per heavy atom. The molecule has 0 radical (unpaired) electrons. The topological polar surface area (TPSA) is 105 Å². The molecule has 1 rings (SSSR count). The number of rotatable bonds is 2. The second-order valence-corrected chi connectivity index (χ2v) is 3.02. The van der Waals surface area contributed by atoms with Gasteiger partial charge in [-0.3, -0.25) is 0 Å². The average Bonchev–Trinajstić information content (AvgIpc) is 2.15. The lowest BCUT2D eigenvalue weighted by molar-refractivity contribution is -0.257. The molecule has 1 heterocycles. The zero-order valence-corrected chi connectivity index (χ0v) is 7.33. The number of methoxy groups -OCH3 is 1. The molecule has 0 bridgehead atoms. The van der Waals surface area contributed by atoms with E-state index in [1.165, 1.54) is 7.11 Å². The van der Waals surface area contributed by atoms with E-state index in [9.17, 15) is 10.2 Å². The lowest BCUT2D eigenvalue weighted by Crippen LogP contribution is -2.62. The summed E-state index contributed by atoms with van der Waals surface area (Å²) >= 11 is 0. The molecule has 0 spiro atoms. The van der Waals surface area contributed by atoms with Crippen LogP contribution in [0.4, 0.5) is 0 Å². The molecule has 6 nitrogen and oxygen atoms in total. The predicted octanol–water partition coefficient (Wildman–Crippen LogP) is -2.60. The minimum Gasteiger partial charge on any atom is -0.394 e. The van der Waals surface area contributed by atoms with Gasteiger partial charge in [0, 0.05) is 7.11 Å². The van der Waals surface area contributed by atoms with Crippen LogP contribution in [0.15, 0.2) is 0 Å². The number of aliphatic hydroxyl groups excluding tert-OH is 3. The van der Waals surface area contributed by atoms with Gasteiger partial charge in [-0.15, -0.1) is 0 Å². The summed E-state index contributed by atoms with van der Waals surface area (Å²) < 4.78 is 9.90. The molecule has 4 unspecified atom stereocenters. The van der Waals surface area contributed by atoms with Gasteiger partial charge in [0.25, 0.3) is 0 Å². The van der Waals surface area contributed by atoms with Crippen molar-refractivity contribution in [2.45, 2.75) is 30.6 Å². The molecule has 5 atom stereocenters. The van der Waals surface area contributed by atoms with Gasteiger partial charge in [0.2, 0.25) is 0 Å². The molecule has 1 saturated heterocycles. The Hall–Kier alpha value is -0.240. The molecule has 0 aromatic carbocycles. The minimum atomic E-state index is -1.17. The molecule has 5 N–H and O–H groups in total. The monoisotopic (exact) mass is 193 g/mol. The van der Waals surface area contributed by atoms with Gasteiger partial charge >= 0.3 is 0 Å².